The van der Waals surface area contributed by atoms with E-state index in [4.69, 9.17) is 15.2 Å². The van der Waals surface area contributed by atoms with Crippen molar-refractivity contribution < 1.29 is 23.5 Å². The number of piperazine rings is 1. The minimum absolute atomic E-state index is 0.187. The maximum absolute atomic E-state index is 13.1. The highest BCUT2D eigenvalue weighted by Crippen LogP contribution is 2.28. The lowest BCUT2D eigenvalue weighted by Gasteiger charge is -2.36. The van der Waals surface area contributed by atoms with Crippen molar-refractivity contribution in [3.63, 3.8) is 0 Å². The van der Waals surface area contributed by atoms with Gasteiger partial charge in [-0.05, 0) is 48.0 Å². The van der Waals surface area contributed by atoms with E-state index >= 15 is 0 Å². The number of hydrogen-bond acceptors (Lipinski definition) is 6. The van der Waals surface area contributed by atoms with E-state index in [9.17, 15) is 14.0 Å². The smallest absolute Gasteiger partial charge is 0.255 e. The zero-order chi connectivity index (χ0) is 23.6. The second kappa shape index (κ2) is 11.9. The van der Waals surface area contributed by atoms with Gasteiger partial charge in [-0.15, -0.1) is 0 Å². The Balaban J connectivity index is 1.40. The van der Waals surface area contributed by atoms with Crippen LogP contribution in [0.4, 0.5) is 10.1 Å². The first kappa shape index (κ1) is 24.1. The SMILES string of the molecule is COc1cc(/C=C/C(=O)NCCN2CCN(c3ccc(F)cc3)CC2)ccc1OCC(N)=O. The summed E-state index contributed by atoms with van der Waals surface area (Å²) in [6.45, 7) is 4.55. The number of carbonyl (C=O) groups excluding carboxylic acids is 2. The van der Waals surface area contributed by atoms with Crippen molar-refractivity contribution in [3.05, 3.63) is 59.9 Å². The fourth-order valence-corrected chi connectivity index (χ4v) is 3.51. The lowest BCUT2D eigenvalue weighted by Crippen LogP contribution is -2.48. The Labute approximate surface area is 192 Å². The van der Waals surface area contributed by atoms with E-state index < -0.39 is 5.91 Å². The van der Waals surface area contributed by atoms with E-state index in [1.807, 2.05) is 0 Å². The van der Waals surface area contributed by atoms with Gasteiger partial charge in [0.25, 0.3) is 5.91 Å². The van der Waals surface area contributed by atoms with Crippen LogP contribution in [0.1, 0.15) is 5.56 Å². The summed E-state index contributed by atoms with van der Waals surface area (Å²) in [6, 6.07) is 11.7. The van der Waals surface area contributed by atoms with Gasteiger partial charge in [0.2, 0.25) is 5.91 Å². The fraction of sp³-hybridized carbons (Fsp3) is 0.333. The maximum atomic E-state index is 13.1. The summed E-state index contributed by atoms with van der Waals surface area (Å²) >= 11 is 0. The fourth-order valence-electron chi connectivity index (χ4n) is 3.51. The van der Waals surface area contributed by atoms with Gasteiger partial charge in [-0.25, -0.2) is 4.39 Å². The molecular weight excluding hydrogens is 427 g/mol. The Morgan fingerprint density at radius 3 is 2.48 bits per heavy atom. The highest BCUT2D eigenvalue weighted by Gasteiger charge is 2.17. The molecule has 3 N–H and O–H groups in total. The molecule has 0 bridgehead atoms. The Morgan fingerprint density at radius 2 is 1.82 bits per heavy atom. The number of methoxy groups -OCH3 is 1. The van der Waals surface area contributed by atoms with Crippen molar-refractivity contribution in [3.8, 4) is 11.5 Å². The van der Waals surface area contributed by atoms with Crippen LogP contribution in [0, 0.1) is 5.82 Å². The molecule has 1 aliphatic heterocycles. The topological polar surface area (TPSA) is 97.1 Å². The van der Waals surface area contributed by atoms with Gasteiger partial charge in [-0.2, -0.15) is 0 Å². The van der Waals surface area contributed by atoms with Gasteiger partial charge in [0.05, 0.1) is 7.11 Å². The first-order valence-corrected chi connectivity index (χ1v) is 10.7. The van der Waals surface area contributed by atoms with Crippen LogP contribution in [0.15, 0.2) is 48.5 Å². The van der Waals surface area contributed by atoms with Crippen LogP contribution in [0.5, 0.6) is 11.5 Å². The predicted molar refractivity (Wildman–Crippen MR) is 125 cm³/mol. The molecule has 1 fully saturated rings. The molecule has 9 heteroatoms. The van der Waals surface area contributed by atoms with Crippen LogP contribution in [-0.4, -0.2) is 69.7 Å². The minimum Gasteiger partial charge on any atom is -0.493 e. The molecule has 1 heterocycles. The third-order valence-corrected chi connectivity index (χ3v) is 5.28. The summed E-state index contributed by atoms with van der Waals surface area (Å²) in [5, 5.41) is 2.89. The number of nitrogens with two attached hydrogens (primary N) is 1. The third-order valence-electron chi connectivity index (χ3n) is 5.28. The first-order valence-electron chi connectivity index (χ1n) is 10.7. The number of halogens is 1. The molecular formula is C24H29FN4O4. The van der Waals surface area contributed by atoms with Gasteiger partial charge < -0.3 is 25.4 Å². The van der Waals surface area contributed by atoms with E-state index in [0.717, 1.165) is 44.0 Å². The van der Waals surface area contributed by atoms with E-state index in [0.29, 0.717) is 18.0 Å². The number of ether oxygens (including phenoxy) is 2. The van der Waals surface area contributed by atoms with Crippen molar-refractivity contribution >= 4 is 23.6 Å². The maximum Gasteiger partial charge on any atom is 0.255 e. The molecule has 3 rings (SSSR count). The summed E-state index contributed by atoms with van der Waals surface area (Å²) in [6.07, 6.45) is 3.14. The van der Waals surface area contributed by atoms with Crippen LogP contribution in [-0.2, 0) is 9.59 Å². The number of rotatable bonds is 10. The summed E-state index contributed by atoms with van der Waals surface area (Å²) in [5.41, 5.74) is 6.87. The molecule has 0 spiro atoms. The lowest BCUT2D eigenvalue weighted by molar-refractivity contribution is -0.120. The largest absolute Gasteiger partial charge is 0.493 e. The molecule has 2 aromatic carbocycles. The molecule has 1 aliphatic rings. The zero-order valence-electron chi connectivity index (χ0n) is 18.6. The second-order valence-electron chi connectivity index (χ2n) is 7.59. The molecule has 0 aromatic heterocycles. The molecule has 0 unspecified atom stereocenters. The van der Waals surface area contributed by atoms with E-state index in [2.05, 4.69) is 15.1 Å². The number of carbonyl (C=O) groups is 2. The number of hydrogen-bond donors (Lipinski definition) is 2. The number of nitrogens with zero attached hydrogens (tertiary/aromatic N) is 2. The number of anilines is 1. The summed E-state index contributed by atoms with van der Waals surface area (Å²) in [4.78, 5) is 27.6. The summed E-state index contributed by atoms with van der Waals surface area (Å²) in [5.74, 6) is -0.149. The van der Waals surface area contributed by atoms with Crippen LogP contribution in [0.2, 0.25) is 0 Å². The van der Waals surface area contributed by atoms with Crippen molar-refractivity contribution in [2.45, 2.75) is 0 Å². The minimum atomic E-state index is -0.576. The predicted octanol–water partition coefficient (Wildman–Crippen LogP) is 1.65. The zero-order valence-corrected chi connectivity index (χ0v) is 18.6. The van der Waals surface area contributed by atoms with Crippen molar-refractivity contribution in [1.82, 2.24) is 10.2 Å². The molecule has 0 atom stereocenters. The van der Waals surface area contributed by atoms with E-state index in [-0.39, 0.29) is 18.3 Å². The molecule has 0 aliphatic carbocycles. The molecule has 0 radical (unpaired) electrons. The summed E-state index contributed by atoms with van der Waals surface area (Å²) < 4.78 is 23.6. The van der Waals surface area contributed by atoms with E-state index in [1.54, 1.807) is 36.4 Å². The molecule has 0 saturated carbocycles. The second-order valence-corrected chi connectivity index (χ2v) is 7.59. The number of amides is 2. The number of primary amides is 1. The Bertz CT molecular complexity index is 973. The lowest BCUT2D eigenvalue weighted by atomic mass is 10.2. The molecule has 2 aromatic rings. The van der Waals surface area contributed by atoms with Gasteiger partial charge in [0, 0.05) is 51.0 Å². The monoisotopic (exact) mass is 456 g/mol. The highest BCUT2D eigenvalue weighted by molar-refractivity contribution is 5.91. The molecule has 33 heavy (non-hydrogen) atoms. The highest BCUT2D eigenvalue weighted by atomic mass is 19.1. The van der Waals surface area contributed by atoms with Crippen molar-refractivity contribution in [2.24, 2.45) is 5.73 Å². The normalized spacial score (nSPS) is 14.3. The Hall–Kier alpha value is -3.59. The van der Waals surface area contributed by atoms with E-state index in [1.165, 1.54) is 25.3 Å². The van der Waals surface area contributed by atoms with Gasteiger partial charge in [-0.3, -0.25) is 14.5 Å². The van der Waals surface area contributed by atoms with Crippen molar-refractivity contribution in [2.75, 3.05) is 57.9 Å². The van der Waals surface area contributed by atoms with Crippen LogP contribution >= 0.6 is 0 Å². The first-order chi connectivity index (χ1) is 15.9. The Morgan fingerprint density at radius 1 is 1.09 bits per heavy atom. The van der Waals surface area contributed by atoms with Gasteiger partial charge in [0.15, 0.2) is 18.1 Å². The van der Waals surface area contributed by atoms with Crippen LogP contribution in [0.25, 0.3) is 6.08 Å². The Kier molecular flexibility index (Phi) is 8.65. The van der Waals surface area contributed by atoms with Crippen molar-refractivity contribution in [1.29, 1.82) is 0 Å². The molecule has 176 valence electrons. The number of nitrogens with one attached hydrogen (secondary N) is 1. The average Bonchev–Trinajstić information content (AvgIpc) is 2.82. The standard InChI is InChI=1S/C24H29FN4O4/c1-32-22-16-18(2-8-21(22)33-17-23(26)30)3-9-24(31)27-10-11-28-12-14-29(15-13-28)20-6-4-19(25)5-7-20/h2-9,16H,10-15,17H2,1H3,(H2,26,30)(H,27,31)/b9-3+. The van der Waals surface area contributed by atoms with Crippen LogP contribution in [0.3, 0.4) is 0 Å². The van der Waals surface area contributed by atoms with Crippen LogP contribution < -0.4 is 25.4 Å². The molecule has 2 amide bonds. The van der Waals surface area contributed by atoms with Gasteiger partial charge in [0.1, 0.15) is 5.82 Å². The van der Waals surface area contributed by atoms with Gasteiger partial charge >= 0.3 is 0 Å². The quantitative estimate of drug-likeness (QED) is 0.528. The number of benzene rings is 2. The average molecular weight is 457 g/mol. The summed E-state index contributed by atoms with van der Waals surface area (Å²) in [7, 11) is 1.49. The molecule has 8 nitrogen and oxygen atoms in total. The molecule has 1 saturated heterocycles. The van der Waals surface area contributed by atoms with Gasteiger partial charge in [-0.1, -0.05) is 6.07 Å². The third kappa shape index (κ3) is 7.50.